The molecule has 1 unspecified atom stereocenters. The summed E-state index contributed by atoms with van der Waals surface area (Å²) in [6, 6.07) is 7.29. The van der Waals surface area contributed by atoms with Gasteiger partial charge < -0.3 is 15.4 Å². The maximum atomic E-state index is 14.6. The van der Waals surface area contributed by atoms with Crippen LogP contribution >= 0.6 is 11.6 Å². The van der Waals surface area contributed by atoms with E-state index in [2.05, 4.69) is 10.6 Å². The van der Waals surface area contributed by atoms with Crippen LogP contribution in [0.2, 0.25) is 5.02 Å². The first kappa shape index (κ1) is 25.2. The molecule has 1 saturated heterocycles. The molecule has 3 rings (SSSR count). The Hall–Kier alpha value is -2.43. The van der Waals surface area contributed by atoms with Crippen molar-refractivity contribution in [3.05, 3.63) is 58.6 Å². The quantitative estimate of drug-likeness (QED) is 0.536. The number of sulfonamides is 1. The Morgan fingerprint density at radius 1 is 1.21 bits per heavy atom. The second kappa shape index (κ2) is 10.7. The van der Waals surface area contributed by atoms with Crippen molar-refractivity contribution in [2.75, 3.05) is 19.7 Å². The fourth-order valence-corrected chi connectivity index (χ4v) is 4.85. The minimum atomic E-state index is -4.61. The van der Waals surface area contributed by atoms with E-state index in [0.717, 1.165) is 18.5 Å². The van der Waals surface area contributed by atoms with Crippen LogP contribution in [0.5, 0.6) is 5.75 Å². The molecule has 0 bridgehead atoms. The van der Waals surface area contributed by atoms with E-state index in [0.29, 0.717) is 23.7 Å². The maximum Gasteiger partial charge on any atom is 0.328 e. The summed E-state index contributed by atoms with van der Waals surface area (Å²) in [6.07, 6.45) is 0.841. The molecule has 0 radical (unpaired) electrons. The smallest absolute Gasteiger partial charge is 0.328 e. The molecule has 1 fully saturated rings. The number of carbonyl (C=O) groups is 1. The van der Waals surface area contributed by atoms with Crippen molar-refractivity contribution in [2.45, 2.75) is 37.1 Å². The molecule has 1 aliphatic heterocycles. The van der Waals surface area contributed by atoms with Gasteiger partial charge in [-0.25, -0.2) is 26.7 Å². The minimum Gasteiger partial charge on any atom is -0.490 e. The number of hydrogen-bond acceptors (Lipinski definition) is 5. The molecule has 0 aliphatic carbocycles. The van der Waals surface area contributed by atoms with Crippen LogP contribution in [0.25, 0.3) is 0 Å². The van der Waals surface area contributed by atoms with Gasteiger partial charge in [-0.05, 0) is 50.4 Å². The standard InChI is InChI=1S/C22H26ClF2N3O4S/c1-13(2)27-22(29)28-33(30,31)21-10-18(24)20(9-19(21)25)32-12-15-11-26-8-7-17(15)14-3-5-16(23)6-4-14/h3-6,9-10,13,15,17,26H,7-8,11-12H2,1-2H3,(H2,27,28,29)/t15-,17?/m0/s1. The van der Waals surface area contributed by atoms with Crippen LogP contribution in [-0.4, -0.2) is 40.2 Å². The number of carbonyl (C=O) groups excluding carboxylic acids is 1. The Bertz CT molecular complexity index is 1100. The summed E-state index contributed by atoms with van der Waals surface area (Å²) in [5, 5.41) is 6.21. The lowest BCUT2D eigenvalue weighted by molar-refractivity contribution is 0.190. The van der Waals surface area contributed by atoms with Gasteiger partial charge in [0.05, 0.1) is 6.61 Å². The van der Waals surface area contributed by atoms with Crippen molar-refractivity contribution < 1.29 is 26.7 Å². The third kappa shape index (κ3) is 6.55. The molecule has 2 amide bonds. The van der Waals surface area contributed by atoms with Crippen molar-refractivity contribution in [2.24, 2.45) is 5.92 Å². The number of ether oxygens (including phenoxy) is 1. The van der Waals surface area contributed by atoms with Gasteiger partial charge in [-0.3, -0.25) is 0 Å². The SMILES string of the molecule is CC(C)NC(=O)NS(=O)(=O)c1cc(F)c(OC[C@@H]2CNCCC2c2ccc(Cl)cc2)cc1F. The van der Waals surface area contributed by atoms with Crippen molar-refractivity contribution in [3.8, 4) is 5.75 Å². The first-order valence-electron chi connectivity index (χ1n) is 10.5. The summed E-state index contributed by atoms with van der Waals surface area (Å²) < 4.78 is 61.0. The molecule has 33 heavy (non-hydrogen) atoms. The number of nitrogens with one attached hydrogen (secondary N) is 3. The van der Waals surface area contributed by atoms with E-state index in [1.807, 2.05) is 12.1 Å². The summed E-state index contributed by atoms with van der Waals surface area (Å²) in [7, 11) is -4.61. The molecule has 2 aromatic carbocycles. The third-order valence-corrected chi connectivity index (χ3v) is 6.88. The fourth-order valence-electron chi connectivity index (χ4n) is 3.74. The van der Waals surface area contributed by atoms with Crippen LogP contribution in [0.3, 0.4) is 0 Å². The highest BCUT2D eigenvalue weighted by Gasteiger charge is 2.29. The van der Waals surface area contributed by atoms with E-state index in [1.54, 1.807) is 30.7 Å². The zero-order chi connectivity index (χ0) is 24.2. The topological polar surface area (TPSA) is 96.5 Å². The van der Waals surface area contributed by atoms with E-state index in [-0.39, 0.29) is 24.5 Å². The molecule has 0 saturated carbocycles. The average molecular weight is 502 g/mol. The maximum absolute atomic E-state index is 14.6. The second-order valence-corrected chi connectivity index (χ2v) is 10.3. The van der Waals surface area contributed by atoms with Crippen LogP contribution in [0.1, 0.15) is 31.7 Å². The minimum absolute atomic E-state index is 0.0211. The Balaban J connectivity index is 1.73. The van der Waals surface area contributed by atoms with Gasteiger partial charge in [-0.15, -0.1) is 0 Å². The highest BCUT2D eigenvalue weighted by atomic mass is 35.5. The summed E-state index contributed by atoms with van der Waals surface area (Å²) in [6.45, 7) is 4.78. The molecule has 0 aromatic heterocycles. The Morgan fingerprint density at radius 3 is 2.58 bits per heavy atom. The zero-order valence-corrected chi connectivity index (χ0v) is 19.8. The highest BCUT2D eigenvalue weighted by Crippen LogP contribution is 2.32. The molecule has 0 spiro atoms. The van der Waals surface area contributed by atoms with Crippen molar-refractivity contribution in [1.82, 2.24) is 15.4 Å². The molecular formula is C22H26ClF2N3O4S. The lowest BCUT2D eigenvalue weighted by Gasteiger charge is -2.32. The molecule has 3 N–H and O–H groups in total. The lowest BCUT2D eigenvalue weighted by atomic mass is 9.81. The average Bonchev–Trinajstić information content (AvgIpc) is 2.73. The van der Waals surface area contributed by atoms with Crippen molar-refractivity contribution in [1.29, 1.82) is 0 Å². The van der Waals surface area contributed by atoms with Gasteiger partial charge in [0.15, 0.2) is 11.6 Å². The number of urea groups is 1. The van der Waals surface area contributed by atoms with E-state index < -0.39 is 38.3 Å². The summed E-state index contributed by atoms with van der Waals surface area (Å²) in [4.78, 5) is 10.7. The third-order valence-electron chi connectivity index (χ3n) is 5.28. The highest BCUT2D eigenvalue weighted by molar-refractivity contribution is 7.90. The van der Waals surface area contributed by atoms with Gasteiger partial charge >= 0.3 is 6.03 Å². The van der Waals surface area contributed by atoms with Gasteiger partial charge in [-0.2, -0.15) is 0 Å². The molecule has 2 atom stereocenters. The predicted octanol–water partition coefficient (Wildman–Crippen LogP) is 3.79. The fraction of sp³-hybridized carbons (Fsp3) is 0.409. The summed E-state index contributed by atoms with van der Waals surface area (Å²) >= 11 is 5.97. The molecule has 1 heterocycles. The van der Waals surface area contributed by atoms with Crippen LogP contribution in [0.4, 0.5) is 13.6 Å². The second-order valence-electron chi connectivity index (χ2n) is 8.17. The van der Waals surface area contributed by atoms with Gasteiger partial charge in [0, 0.05) is 35.7 Å². The molecule has 2 aromatic rings. The number of benzene rings is 2. The van der Waals surface area contributed by atoms with Gasteiger partial charge in [0.1, 0.15) is 10.7 Å². The van der Waals surface area contributed by atoms with Crippen molar-refractivity contribution >= 4 is 27.7 Å². The van der Waals surface area contributed by atoms with Crippen LogP contribution in [0.15, 0.2) is 41.3 Å². The number of amides is 2. The van der Waals surface area contributed by atoms with E-state index in [4.69, 9.17) is 16.3 Å². The first-order chi connectivity index (χ1) is 15.6. The number of halogens is 3. The number of hydrogen-bond donors (Lipinski definition) is 3. The predicted molar refractivity (Wildman–Crippen MR) is 121 cm³/mol. The van der Waals surface area contributed by atoms with Crippen LogP contribution in [-0.2, 0) is 10.0 Å². The number of piperidine rings is 1. The Morgan fingerprint density at radius 2 is 1.91 bits per heavy atom. The summed E-state index contributed by atoms with van der Waals surface area (Å²) in [5.41, 5.74) is 1.08. The van der Waals surface area contributed by atoms with Crippen LogP contribution < -0.4 is 20.1 Å². The molecular weight excluding hydrogens is 476 g/mol. The monoisotopic (exact) mass is 501 g/mol. The van der Waals surface area contributed by atoms with E-state index >= 15 is 0 Å². The number of rotatable bonds is 7. The molecule has 180 valence electrons. The van der Waals surface area contributed by atoms with Gasteiger partial charge in [-0.1, -0.05) is 23.7 Å². The lowest BCUT2D eigenvalue weighted by Crippen LogP contribution is -2.42. The van der Waals surface area contributed by atoms with Gasteiger partial charge in [0.25, 0.3) is 10.0 Å². The zero-order valence-electron chi connectivity index (χ0n) is 18.2. The largest absolute Gasteiger partial charge is 0.490 e. The van der Waals surface area contributed by atoms with E-state index in [1.165, 1.54) is 0 Å². The summed E-state index contributed by atoms with van der Waals surface area (Å²) in [5.74, 6) is -2.56. The van der Waals surface area contributed by atoms with Crippen molar-refractivity contribution in [3.63, 3.8) is 0 Å². The molecule has 11 heteroatoms. The Kier molecular flexibility index (Phi) is 8.14. The molecule has 7 nitrogen and oxygen atoms in total. The van der Waals surface area contributed by atoms with E-state index in [9.17, 15) is 22.0 Å². The molecule has 1 aliphatic rings. The van der Waals surface area contributed by atoms with Gasteiger partial charge in [0.2, 0.25) is 0 Å². The normalized spacial score (nSPS) is 18.7. The first-order valence-corrected chi connectivity index (χ1v) is 12.3. The van der Waals surface area contributed by atoms with Crippen LogP contribution in [0, 0.1) is 17.6 Å². The Labute approximate surface area is 196 Å².